The van der Waals surface area contributed by atoms with E-state index < -0.39 is 5.97 Å². The fourth-order valence-electron chi connectivity index (χ4n) is 2.02. The molecule has 0 saturated heterocycles. The number of aryl methyl sites for hydroxylation is 1. The van der Waals surface area contributed by atoms with Crippen LogP contribution in [0.1, 0.15) is 32.3 Å². The minimum absolute atomic E-state index is 0.181. The molecule has 0 heterocycles. The van der Waals surface area contributed by atoms with Crippen molar-refractivity contribution in [1.29, 1.82) is 0 Å². The molecule has 0 bridgehead atoms. The number of carboxylic acids is 1. The third-order valence-electron chi connectivity index (χ3n) is 3.17. The molecule has 106 valence electrons. The summed E-state index contributed by atoms with van der Waals surface area (Å²) in [5.41, 5.74) is 0.912. The highest BCUT2D eigenvalue weighted by Gasteiger charge is 2.21. The van der Waals surface area contributed by atoms with E-state index in [-0.39, 0.29) is 11.8 Å². The van der Waals surface area contributed by atoms with Crippen LogP contribution < -0.4 is 9.47 Å². The SMILES string of the molecule is COc1ccc(CCC(C)(C)CC(=O)O)cc1OC. The summed E-state index contributed by atoms with van der Waals surface area (Å²) < 4.78 is 10.4. The number of carboxylic acid groups (broad SMARTS) is 1. The lowest BCUT2D eigenvalue weighted by atomic mass is 9.83. The second kappa shape index (κ2) is 6.45. The standard InChI is InChI=1S/C15H22O4/c1-15(2,10-14(16)17)8-7-11-5-6-12(18-3)13(9-11)19-4/h5-6,9H,7-8,10H2,1-4H3,(H,16,17). The highest BCUT2D eigenvalue weighted by molar-refractivity contribution is 5.67. The van der Waals surface area contributed by atoms with E-state index in [9.17, 15) is 4.79 Å². The lowest BCUT2D eigenvalue weighted by Gasteiger charge is -2.22. The maximum atomic E-state index is 10.8. The zero-order valence-corrected chi connectivity index (χ0v) is 12.0. The predicted molar refractivity (Wildman–Crippen MR) is 73.9 cm³/mol. The van der Waals surface area contributed by atoms with Crippen molar-refractivity contribution in [2.24, 2.45) is 5.41 Å². The summed E-state index contributed by atoms with van der Waals surface area (Å²) in [6, 6.07) is 5.80. The third kappa shape index (κ3) is 4.81. The van der Waals surface area contributed by atoms with E-state index in [1.165, 1.54) is 0 Å². The van der Waals surface area contributed by atoms with E-state index in [2.05, 4.69) is 0 Å². The Hall–Kier alpha value is -1.71. The number of rotatable bonds is 7. The molecule has 0 aliphatic rings. The molecule has 0 amide bonds. The van der Waals surface area contributed by atoms with Gasteiger partial charge in [-0.25, -0.2) is 0 Å². The molecular formula is C15H22O4. The van der Waals surface area contributed by atoms with Crippen LogP contribution in [0.3, 0.4) is 0 Å². The zero-order valence-electron chi connectivity index (χ0n) is 12.0. The van der Waals surface area contributed by atoms with E-state index in [1.807, 2.05) is 32.0 Å². The Labute approximate surface area is 114 Å². The van der Waals surface area contributed by atoms with Gasteiger partial charge in [-0.2, -0.15) is 0 Å². The van der Waals surface area contributed by atoms with Crippen molar-refractivity contribution >= 4 is 5.97 Å². The average molecular weight is 266 g/mol. The smallest absolute Gasteiger partial charge is 0.303 e. The molecule has 0 aliphatic carbocycles. The maximum absolute atomic E-state index is 10.8. The second-order valence-electron chi connectivity index (χ2n) is 5.42. The molecule has 0 unspecified atom stereocenters. The molecule has 19 heavy (non-hydrogen) atoms. The molecule has 0 radical (unpaired) electrons. The fourth-order valence-corrected chi connectivity index (χ4v) is 2.02. The van der Waals surface area contributed by atoms with Crippen molar-refractivity contribution < 1.29 is 19.4 Å². The van der Waals surface area contributed by atoms with Crippen LogP contribution in [0.5, 0.6) is 11.5 Å². The molecule has 1 N–H and O–H groups in total. The van der Waals surface area contributed by atoms with E-state index in [4.69, 9.17) is 14.6 Å². The minimum atomic E-state index is -0.752. The van der Waals surface area contributed by atoms with Crippen molar-refractivity contribution in [2.75, 3.05) is 14.2 Å². The van der Waals surface area contributed by atoms with E-state index in [1.54, 1.807) is 14.2 Å². The van der Waals surface area contributed by atoms with Crippen molar-refractivity contribution in [3.63, 3.8) is 0 Å². The van der Waals surface area contributed by atoms with Gasteiger partial charge in [0.05, 0.1) is 20.6 Å². The molecule has 0 spiro atoms. The van der Waals surface area contributed by atoms with Crippen LogP contribution in [0.2, 0.25) is 0 Å². The molecule has 1 rings (SSSR count). The first kappa shape index (κ1) is 15.3. The van der Waals surface area contributed by atoms with Crippen LogP contribution in [0, 0.1) is 5.41 Å². The Balaban J connectivity index is 2.70. The number of hydrogen-bond acceptors (Lipinski definition) is 3. The molecule has 0 atom stereocenters. The molecule has 0 fully saturated rings. The summed E-state index contributed by atoms with van der Waals surface area (Å²) in [5, 5.41) is 8.86. The Morgan fingerprint density at radius 2 is 1.84 bits per heavy atom. The van der Waals surface area contributed by atoms with Crippen molar-refractivity contribution in [3.8, 4) is 11.5 Å². The van der Waals surface area contributed by atoms with Crippen LogP contribution in [-0.4, -0.2) is 25.3 Å². The van der Waals surface area contributed by atoms with Crippen LogP contribution >= 0.6 is 0 Å². The van der Waals surface area contributed by atoms with Gasteiger partial charge in [-0.1, -0.05) is 19.9 Å². The quantitative estimate of drug-likeness (QED) is 0.823. The van der Waals surface area contributed by atoms with Gasteiger partial charge in [0.1, 0.15) is 0 Å². The summed E-state index contributed by atoms with van der Waals surface area (Å²) >= 11 is 0. The Kier molecular flexibility index (Phi) is 5.21. The molecule has 0 aliphatic heterocycles. The van der Waals surface area contributed by atoms with Gasteiger partial charge in [0, 0.05) is 0 Å². The topological polar surface area (TPSA) is 55.8 Å². The second-order valence-corrected chi connectivity index (χ2v) is 5.42. The summed E-state index contributed by atoms with van der Waals surface area (Å²) in [5.74, 6) is 0.657. The summed E-state index contributed by atoms with van der Waals surface area (Å²) in [4.78, 5) is 10.8. The Morgan fingerprint density at radius 3 is 2.37 bits per heavy atom. The van der Waals surface area contributed by atoms with Gasteiger partial charge in [-0.15, -0.1) is 0 Å². The first-order valence-corrected chi connectivity index (χ1v) is 6.30. The average Bonchev–Trinajstić information content (AvgIpc) is 2.34. The van der Waals surface area contributed by atoms with Crippen molar-refractivity contribution in [1.82, 2.24) is 0 Å². The van der Waals surface area contributed by atoms with Crippen LogP contribution in [0.25, 0.3) is 0 Å². The van der Waals surface area contributed by atoms with E-state index in [0.29, 0.717) is 11.5 Å². The molecule has 1 aromatic carbocycles. The molecule has 0 aromatic heterocycles. The molecule has 4 heteroatoms. The van der Waals surface area contributed by atoms with Gasteiger partial charge in [0.2, 0.25) is 0 Å². The maximum Gasteiger partial charge on any atom is 0.303 e. The number of carbonyl (C=O) groups is 1. The predicted octanol–water partition coefficient (Wildman–Crippen LogP) is 3.14. The number of hydrogen-bond donors (Lipinski definition) is 1. The van der Waals surface area contributed by atoms with E-state index in [0.717, 1.165) is 18.4 Å². The molecule has 1 aromatic rings. The highest BCUT2D eigenvalue weighted by atomic mass is 16.5. The van der Waals surface area contributed by atoms with Gasteiger partial charge in [0.25, 0.3) is 0 Å². The van der Waals surface area contributed by atoms with Crippen LogP contribution in [-0.2, 0) is 11.2 Å². The fraction of sp³-hybridized carbons (Fsp3) is 0.533. The normalized spacial score (nSPS) is 11.2. The third-order valence-corrected chi connectivity index (χ3v) is 3.17. The summed E-state index contributed by atoms with van der Waals surface area (Å²) in [6.45, 7) is 3.95. The van der Waals surface area contributed by atoms with Gasteiger partial charge in [-0.3, -0.25) is 4.79 Å². The van der Waals surface area contributed by atoms with Gasteiger partial charge in [0.15, 0.2) is 11.5 Å². The molecule has 0 saturated carbocycles. The monoisotopic (exact) mass is 266 g/mol. The largest absolute Gasteiger partial charge is 0.493 e. The number of aliphatic carboxylic acids is 1. The number of benzene rings is 1. The summed E-state index contributed by atoms with van der Waals surface area (Å²) in [6.07, 6.45) is 1.82. The lowest BCUT2D eigenvalue weighted by Crippen LogP contribution is -2.17. The minimum Gasteiger partial charge on any atom is -0.493 e. The first-order chi connectivity index (χ1) is 8.88. The molecule has 4 nitrogen and oxygen atoms in total. The van der Waals surface area contributed by atoms with Crippen molar-refractivity contribution in [2.45, 2.75) is 33.1 Å². The van der Waals surface area contributed by atoms with Gasteiger partial charge >= 0.3 is 5.97 Å². The number of ether oxygens (including phenoxy) is 2. The summed E-state index contributed by atoms with van der Waals surface area (Å²) in [7, 11) is 3.21. The van der Waals surface area contributed by atoms with Gasteiger partial charge < -0.3 is 14.6 Å². The Bertz CT molecular complexity index is 438. The van der Waals surface area contributed by atoms with E-state index >= 15 is 0 Å². The van der Waals surface area contributed by atoms with Crippen LogP contribution in [0.15, 0.2) is 18.2 Å². The van der Waals surface area contributed by atoms with Gasteiger partial charge in [-0.05, 0) is 36.0 Å². The highest BCUT2D eigenvalue weighted by Crippen LogP contribution is 2.31. The number of methoxy groups -OCH3 is 2. The lowest BCUT2D eigenvalue weighted by molar-refractivity contribution is -0.139. The Morgan fingerprint density at radius 1 is 1.21 bits per heavy atom. The molecular weight excluding hydrogens is 244 g/mol. The van der Waals surface area contributed by atoms with Crippen LogP contribution in [0.4, 0.5) is 0 Å². The zero-order chi connectivity index (χ0) is 14.5. The first-order valence-electron chi connectivity index (χ1n) is 6.30. The van der Waals surface area contributed by atoms with Crippen molar-refractivity contribution in [3.05, 3.63) is 23.8 Å².